The molecule has 2 nitrogen and oxygen atoms in total. The lowest BCUT2D eigenvalue weighted by Crippen LogP contribution is -2.05. The Morgan fingerprint density at radius 1 is 0.800 bits per heavy atom. The highest BCUT2D eigenvalue weighted by Crippen LogP contribution is 2.10. The van der Waals surface area contributed by atoms with E-state index >= 15 is 0 Å². The van der Waals surface area contributed by atoms with Crippen LogP contribution in [0.5, 0.6) is 0 Å². The summed E-state index contributed by atoms with van der Waals surface area (Å²) in [6.07, 6.45) is 15.4. The monoisotopic (exact) mass is 348 g/mol. The smallest absolute Gasteiger partial charge is 0.305 e. The quantitative estimate of drug-likeness (QED) is 0.205. The number of carbonyl (C=O) groups excluding carboxylic acids is 1. The average Bonchev–Trinajstić information content (AvgIpc) is 2.45. The lowest BCUT2D eigenvalue weighted by molar-refractivity contribution is -0.143. The van der Waals surface area contributed by atoms with Gasteiger partial charge in [-0.25, -0.2) is 0 Å². The summed E-state index contributed by atoms with van der Waals surface area (Å²) in [6.45, 7) is 2.85. The Bertz CT molecular complexity index is 207. The largest absolute Gasteiger partial charge is 0.466 e. The summed E-state index contributed by atoms with van der Waals surface area (Å²) in [7, 11) is 0. The Labute approximate surface area is 134 Å². The molecule has 0 unspecified atom stereocenters. The fraction of sp³-hybridized carbons (Fsp3) is 0.941. The third-order valence-electron chi connectivity index (χ3n) is 3.53. The summed E-state index contributed by atoms with van der Waals surface area (Å²) < 4.78 is 5.23. The molecule has 0 saturated heterocycles. The first kappa shape index (κ1) is 19.9. The van der Waals surface area contributed by atoms with Gasteiger partial charge in [0.05, 0.1) is 6.61 Å². The zero-order chi connectivity index (χ0) is 14.9. The maximum atomic E-state index is 11.5. The third kappa shape index (κ3) is 16.0. The first-order valence-corrected chi connectivity index (χ1v) is 9.65. The lowest BCUT2D eigenvalue weighted by Gasteiger charge is -2.05. The van der Waals surface area contributed by atoms with Crippen LogP contribution in [0.3, 0.4) is 0 Å². The fourth-order valence-electron chi connectivity index (χ4n) is 2.21. The number of halogens is 1. The number of esters is 1. The molecule has 0 aliphatic rings. The van der Waals surface area contributed by atoms with Crippen LogP contribution in [-0.2, 0) is 9.53 Å². The molecule has 120 valence electrons. The van der Waals surface area contributed by atoms with Crippen molar-refractivity contribution in [2.24, 2.45) is 0 Å². The van der Waals surface area contributed by atoms with Crippen LogP contribution < -0.4 is 0 Å². The maximum Gasteiger partial charge on any atom is 0.305 e. The van der Waals surface area contributed by atoms with E-state index in [0.717, 1.165) is 24.6 Å². The van der Waals surface area contributed by atoms with Gasteiger partial charge in [0.2, 0.25) is 0 Å². The second-order valence-corrected chi connectivity index (χ2v) is 6.34. The number of unbranched alkanes of at least 4 members (excludes halogenated alkanes) is 10. The highest BCUT2D eigenvalue weighted by atomic mass is 79.9. The molecule has 20 heavy (non-hydrogen) atoms. The van der Waals surface area contributed by atoms with Crippen molar-refractivity contribution < 1.29 is 9.53 Å². The molecule has 0 spiro atoms. The molecule has 0 fully saturated rings. The van der Waals surface area contributed by atoms with Crippen molar-refractivity contribution in [2.45, 2.75) is 90.4 Å². The van der Waals surface area contributed by atoms with Crippen molar-refractivity contribution in [3.05, 3.63) is 0 Å². The van der Waals surface area contributed by atoms with Gasteiger partial charge in [-0.05, 0) is 19.3 Å². The number of alkyl halides is 1. The van der Waals surface area contributed by atoms with Gasteiger partial charge < -0.3 is 4.74 Å². The van der Waals surface area contributed by atoms with E-state index in [4.69, 9.17) is 4.74 Å². The molecule has 0 amide bonds. The highest BCUT2D eigenvalue weighted by molar-refractivity contribution is 9.09. The standard InChI is InChI=1S/C17H33BrO2/c1-2-3-4-5-6-7-8-11-14-17(19)20-16-13-10-9-12-15-18/h2-16H2,1H3. The van der Waals surface area contributed by atoms with Crippen LogP contribution in [0.1, 0.15) is 90.4 Å². The fourth-order valence-corrected chi connectivity index (χ4v) is 2.61. The van der Waals surface area contributed by atoms with Gasteiger partial charge in [0.1, 0.15) is 0 Å². The van der Waals surface area contributed by atoms with E-state index in [2.05, 4.69) is 22.9 Å². The van der Waals surface area contributed by atoms with Crippen molar-refractivity contribution >= 4 is 21.9 Å². The number of hydrogen-bond donors (Lipinski definition) is 0. The van der Waals surface area contributed by atoms with Crippen molar-refractivity contribution in [2.75, 3.05) is 11.9 Å². The number of rotatable bonds is 15. The summed E-state index contributed by atoms with van der Waals surface area (Å²) in [5.41, 5.74) is 0. The molecule has 0 aromatic rings. The van der Waals surface area contributed by atoms with E-state index in [1.165, 1.54) is 57.8 Å². The molecule has 0 N–H and O–H groups in total. The molecule has 0 bridgehead atoms. The topological polar surface area (TPSA) is 26.3 Å². The number of hydrogen-bond acceptors (Lipinski definition) is 2. The molecule has 0 saturated carbocycles. The normalized spacial score (nSPS) is 10.7. The molecule has 0 aliphatic heterocycles. The van der Waals surface area contributed by atoms with Crippen molar-refractivity contribution in [3.63, 3.8) is 0 Å². The van der Waals surface area contributed by atoms with E-state index in [9.17, 15) is 4.79 Å². The van der Waals surface area contributed by atoms with Crippen LogP contribution >= 0.6 is 15.9 Å². The maximum absolute atomic E-state index is 11.5. The molecule has 0 radical (unpaired) electrons. The van der Waals surface area contributed by atoms with E-state index in [1.807, 2.05) is 0 Å². The van der Waals surface area contributed by atoms with Crippen LogP contribution in [0, 0.1) is 0 Å². The molecule has 0 heterocycles. The van der Waals surface area contributed by atoms with Gasteiger partial charge in [0.15, 0.2) is 0 Å². The first-order chi connectivity index (χ1) is 9.81. The van der Waals surface area contributed by atoms with Gasteiger partial charge >= 0.3 is 5.97 Å². The van der Waals surface area contributed by atoms with E-state index in [1.54, 1.807) is 0 Å². The highest BCUT2D eigenvalue weighted by Gasteiger charge is 2.02. The second-order valence-electron chi connectivity index (χ2n) is 5.55. The Morgan fingerprint density at radius 2 is 1.35 bits per heavy atom. The van der Waals surface area contributed by atoms with Gasteiger partial charge in [-0.1, -0.05) is 80.6 Å². The Morgan fingerprint density at radius 3 is 2.00 bits per heavy atom. The van der Waals surface area contributed by atoms with Gasteiger partial charge in [0.25, 0.3) is 0 Å². The van der Waals surface area contributed by atoms with Gasteiger partial charge in [0, 0.05) is 11.8 Å². The summed E-state index contributed by atoms with van der Waals surface area (Å²) in [6, 6.07) is 0. The van der Waals surface area contributed by atoms with Gasteiger partial charge in [-0.2, -0.15) is 0 Å². The van der Waals surface area contributed by atoms with Gasteiger partial charge in [-0.3, -0.25) is 4.79 Å². The SMILES string of the molecule is CCCCCCCCCCC(=O)OCCCCCCBr. The molecular formula is C17H33BrO2. The molecule has 0 atom stereocenters. The molecule has 0 rings (SSSR count). The summed E-state index contributed by atoms with van der Waals surface area (Å²) in [5.74, 6) is -0.00326. The lowest BCUT2D eigenvalue weighted by atomic mass is 10.1. The minimum Gasteiger partial charge on any atom is -0.466 e. The predicted molar refractivity (Wildman–Crippen MR) is 90.4 cm³/mol. The van der Waals surface area contributed by atoms with Crippen LogP contribution in [0.4, 0.5) is 0 Å². The minimum atomic E-state index is -0.00326. The summed E-state index contributed by atoms with van der Waals surface area (Å²) in [5, 5.41) is 1.07. The summed E-state index contributed by atoms with van der Waals surface area (Å²) in [4.78, 5) is 11.5. The van der Waals surface area contributed by atoms with Crippen molar-refractivity contribution in [1.82, 2.24) is 0 Å². The van der Waals surface area contributed by atoms with Crippen LogP contribution in [0.25, 0.3) is 0 Å². The average molecular weight is 349 g/mol. The van der Waals surface area contributed by atoms with Crippen LogP contribution in [0.2, 0.25) is 0 Å². The molecule has 0 aliphatic carbocycles. The number of ether oxygens (including phenoxy) is 1. The predicted octanol–water partition coefficient (Wildman–Crippen LogP) is 6.02. The Hall–Kier alpha value is -0.0500. The Balaban J connectivity index is 3.12. The molecular weight excluding hydrogens is 316 g/mol. The van der Waals surface area contributed by atoms with E-state index < -0.39 is 0 Å². The molecule has 3 heteroatoms. The third-order valence-corrected chi connectivity index (χ3v) is 4.09. The first-order valence-electron chi connectivity index (χ1n) is 8.52. The second kappa shape index (κ2) is 17.0. The zero-order valence-corrected chi connectivity index (χ0v) is 14.9. The van der Waals surface area contributed by atoms with Crippen LogP contribution in [-0.4, -0.2) is 17.9 Å². The van der Waals surface area contributed by atoms with Gasteiger partial charge in [-0.15, -0.1) is 0 Å². The van der Waals surface area contributed by atoms with Crippen molar-refractivity contribution in [3.8, 4) is 0 Å². The summed E-state index contributed by atoms with van der Waals surface area (Å²) >= 11 is 3.41. The molecule has 0 aromatic heterocycles. The molecule has 0 aromatic carbocycles. The number of carbonyl (C=O) groups is 1. The van der Waals surface area contributed by atoms with Crippen molar-refractivity contribution in [1.29, 1.82) is 0 Å². The van der Waals surface area contributed by atoms with E-state index in [-0.39, 0.29) is 5.97 Å². The Kier molecular flexibility index (Phi) is 17.0. The zero-order valence-electron chi connectivity index (χ0n) is 13.3. The van der Waals surface area contributed by atoms with Crippen LogP contribution in [0.15, 0.2) is 0 Å². The van der Waals surface area contributed by atoms with E-state index in [0.29, 0.717) is 13.0 Å². The minimum absolute atomic E-state index is 0.00326.